The molecule has 0 aliphatic rings. The maximum Gasteiger partial charge on any atom is 0.209 e. The Balaban J connectivity index is 2.60. The highest BCUT2D eigenvalue weighted by atomic mass is 32.2. The molecule has 0 aromatic carbocycles. The van der Waals surface area contributed by atoms with Gasteiger partial charge in [0.1, 0.15) is 0 Å². The van der Waals surface area contributed by atoms with Crippen LogP contribution in [-0.4, -0.2) is 38.3 Å². The average Bonchev–Trinajstić information content (AvgIpc) is 2.32. The standard InChI is InChI=1S/C13H24N4O2S/c1-5-6-15-11-7-12(9-14-8-11)16-10-13(2,3)17-20(4,18)19/h7-9,15-17H,5-6,10H2,1-4H3. The lowest BCUT2D eigenvalue weighted by Crippen LogP contribution is -2.47. The third-order valence-corrected chi connectivity index (χ3v) is 3.44. The van der Waals surface area contributed by atoms with E-state index in [9.17, 15) is 8.42 Å². The van der Waals surface area contributed by atoms with E-state index in [1.54, 1.807) is 12.4 Å². The second-order valence-electron chi connectivity index (χ2n) is 5.50. The first-order valence-electron chi connectivity index (χ1n) is 6.63. The van der Waals surface area contributed by atoms with Crippen LogP contribution in [0, 0.1) is 0 Å². The van der Waals surface area contributed by atoms with Gasteiger partial charge < -0.3 is 10.6 Å². The van der Waals surface area contributed by atoms with E-state index in [0.717, 1.165) is 30.6 Å². The highest BCUT2D eigenvalue weighted by Gasteiger charge is 2.21. The minimum atomic E-state index is -3.22. The zero-order chi connectivity index (χ0) is 15.2. The van der Waals surface area contributed by atoms with Gasteiger partial charge >= 0.3 is 0 Å². The number of nitrogens with zero attached hydrogens (tertiary/aromatic N) is 1. The van der Waals surface area contributed by atoms with Crippen LogP contribution in [0.2, 0.25) is 0 Å². The van der Waals surface area contributed by atoms with E-state index in [1.165, 1.54) is 0 Å². The van der Waals surface area contributed by atoms with Crippen molar-refractivity contribution in [2.75, 3.05) is 30.0 Å². The number of hydrogen-bond acceptors (Lipinski definition) is 5. The maximum atomic E-state index is 11.3. The summed E-state index contributed by atoms with van der Waals surface area (Å²) in [4.78, 5) is 4.15. The molecule has 0 atom stereocenters. The van der Waals surface area contributed by atoms with Crippen LogP contribution in [0.15, 0.2) is 18.5 Å². The Kier molecular flexibility index (Phi) is 5.76. The van der Waals surface area contributed by atoms with Gasteiger partial charge in [0.15, 0.2) is 0 Å². The van der Waals surface area contributed by atoms with E-state index in [-0.39, 0.29) is 0 Å². The van der Waals surface area contributed by atoms with Crippen molar-refractivity contribution in [2.24, 2.45) is 0 Å². The Morgan fingerprint density at radius 3 is 2.35 bits per heavy atom. The molecule has 1 aromatic rings. The summed E-state index contributed by atoms with van der Waals surface area (Å²) in [7, 11) is -3.22. The molecule has 114 valence electrons. The molecule has 7 heteroatoms. The third kappa shape index (κ3) is 6.72. The highest BCUT2D eigenvalue weighted by Crippen LogP contribution is 2.14. The molecule has 0 fully saturated rings. The molecule has 1 aromatic heterocycles. The molecular formula is C13H24N4O2S. The molecule has 0 aliphatic heterocycles. The molecule has 1 heterocycles. The minimum absolute atomic E-state index is 0.471. The van der Waals surface area contributed by atoms with Crippen molar-refractivity contribution in [2.45, 2.75) is 32.7 Å². The summed E-state index contributed by atoms with van der Waals surface area (Å²) in [6.45, 7) is 7.12. The van der Waals surface area contributed by atoms with Gasteiger partial charge in [0.2, 0.25) is 10.0 Å². The molecule has 1 rings (SSSR count). The minimum Gasteiger partial charge on any atom is -0.384 e. The van der Waals surface area contributed by atoms with Gasteiger partial charge in [0.05, 0.1) is 30.0 Å². The molecule has 0 radical (unpaired) electrons. The van der Waals surface area contributed by atoms with Crippen molar-refractivity contribution in [3.63, 3.8) is 0 Å². The number of anilines is 2. The fourth-order valence-corrected chi connectivity index (χ4v) is 2.84. The normalized spacial score (nSPS) is 12.2. The van der Waals surface area contributed by atoms with Crippen LogP contribution in [0.1, 0.15) is 27.2 Å². The number of sulfonamides is 1. The SMILES string of the molecule is CCCNc1cncc(NCC(C)(C)NS(C)(=O)=O)c1. The lowest BCUT2D eigenvalue weighted by Gasteiger charge is -2.25. The van der Waals surface area contributed by atoms with Gasteiger partial charge in [-0.05, 0) is 26.3 Å². The van der Waals surface area contributed by atoms with Gasteiger partial charge in [-0.1, -0.05) is 6.92 Å². The second-order valence-corrected chi connectivity index (χ2v) is 7.25. The number of rotatable bonds is 8. The van der Waals surface area contributed by atoms with Crippen LogP contribution in [-0.2, 0) is 10.0 Å². The monoisotopic (exact) mass is 300 g/mol. The lowest BCUT2D eigenvalue weighted by atomic mass is 10.1. The molecular weight excluding hydrogens is 276 g/mol. The molecule has 0 bridgehead atoms. The molecule has 3 N–H and O–H groups in total. The molecule has 0 unspecified atom stereocenters. The first kappa shape index (κ1) is 16.7. The summed E-state index contributed by atoms with van der Waals surface area (Å²) >= 11 is 0. The Labute approximate surface area is 121 Å². The summed E-state index contributed by atoms with van der Waals surface area (Å²) in [5.74, 6) is 0. The van der Waals surface area contributed by atoms with E-state index >= 15 is 0 Å². The third-order valence-electron chi connectivity index (χ3n) is 2.51. The summed E-state index contributed by atoms with van der Waals surface area (Å²) in [5, 5.41) is 6.45. The van der Waals surface area contributed by atoms with Crippen LogP contribution in [0.4, 0.5) is 11.4 Å². The van der Waals surface area contributed by atoms with Crippen molar-refractivity contribution in [3.8, 4) is 0 Å². The Hall–Kier alpha value is -1.34. The van der Waals surface area contributed by atoms with Crippen molar-refractivity contribution in [1.82, 2.24) is 9.71 Å². The van der Waals surface area contributed by atoms with Gasteiger partial charge in [-0.2, -0.15) is 0 Å². The largest absolute Gasteiger partial charge is 0.384 e. The molecule has 6 nitrogen and oxygen atoms in total. The van der Waals surface area contributed by atoms with Crippen LogP contribution in [0.5, 0.6) is 0 Å². The fourth-order valence-electron chi connectivity index (χ4n) is 1.76. The number of nitrogens with one attached hydrogen (secondary N) is 3. The maximum absolute atomic E-state index is 11.3. The molecule has 0 spiro atoms. The number of pyridine rings is 1. The van der Waals surface area contributed by atoms with Crippen LogP contribution in [0.3, 0.4) is 0 Å². The first-order valence-corrected chi connectivity index (χ1v) is 8.53. The predicted molar refractivity (Wildman–Crippen MR) is 83.6 cm³/mol. The quantitative estimate of drug-likeness (QED) is 0.680. The van der Waals surface area contributed by atoms with Gasteiger partial charge in [-0.3, -0.25) is 4.98 Å². The van der Waals surface area contributed by atoms with E-state index in [0.29, 0.717) is 6.54 Å². The summed E-state index contributed by atoms with van der Waals surface area (Å²) in [6, 6.07) is 1.96. The fraction of sp³-hybridized carbons (Fsp3) is 0.615. The van der Waals surface area contributed by atoms with Gasteiger partial charge in [0, 0.05) is 18.6 Å². The summed E-state index contributed by atoms with van der Waals surface area (Å²) in [6.07, 6.45) is 5.68. The Bertz CT molecular complexity index is 529. The zero-order valence-corrected chi connectivity index (χ0v) is 13.3. The molecule has 0 saturated heterocycles. The Morgan fingerprint density at radius 1 is 1.20 bits per heavy atom. The molecule has 20 heavy (non-hydrogen) atoms. The van der Waals surface area contributed by atoms with Crippen molar-refractivity contribution in [1.29, 1.82) is 0 Å². The van der Waals surface area contributed by atoms with E-state index < -0.39 is 15.6 Å². The lowest BCUT2D eigenvalue weighted by molar-refractivity contribution is 0.476. The molecule has 0 aliphatic carbocycles. The van der Waals surface area contributed by atoms with Crippen molar-refractivity contribution in [3.05, 3.63) is 18.5 Å². The first-order chi connectivity index (χ1) is 9.22. The van der Waals surface area contributed by atoms with Crippen molar-refractivity contribution >= 4 is 21.4 Å². The second kappa shape index (κ2) is 6.90. The molecule has 0 amide bonds. The number of aromatic nitrogens is 1. The van der Waals surface area contributed by atoms with Gasteiger partial charge in [0.25, 0.3) is 0 Å². The van der Waals surface area contributed by atoms with Crippen LogP contribution >= 0.6 is 0 Å². The highest BCUT2D eigenvalue weighted by molar-refractivity contribution is 7.88. The van der Waals surface area contributed by atoms with E-state index in [1.807, 2.05) is 19.9 Å². The van der Waals surface area contributed by atoms with Gasteiger partial charge in [-0.15, -0.1) is 0 Å². The smallest absolute Gasteiger partial charge is 0.209 e. The topological polar surface area (TPSA) is 83.1 Å². The summed E-state index contributed by atoms with van der Waals surface area (Å²) < 4.78 is 25.1. The van der Waals surface area contributed by atoms with Crippen LogP contribution in [0.25, 0.3) is 0 Å². The van der Waals surface area contributed by atoms with E-state index in [2.05, 4.69) is 27.3 Å². The number of hydrogen-bond donors (Lipinski definition) is 3. The van der Waals surface area contributed by atoms with Crippen LogP contribution < -0.4 is 15.4 Å². The molecule has 0 saturated carbocycles. The predicted octanol–water partition coefficient (Wildman–Crippen LogP) is 1.64. The average molecular weight is 300 g/mol. The zero-order valence-electron chi connectivity index (χ0n) is 12.5. The van der Waals surface area contributed by atoms with Crippen molar-refractivity contribution < 1.29 is 8.42 Å². The Morgan fingerprint density at radius 2 is 1.80 bits per heavy atom. The summed E-state index contributed by atoms with van der Waals surface area (Å²) in [5.41, 5.74) is 1.24. The van der Waals surface area contributed by atoms with Gasteiger partial charge in [-0.25, -0.2) is 13.1 Å². The van der Waals surface area contributed by atoms with E-state index in [4.69, 9.17) is 0 Å².